The fraction of sp³-hybridized carbons (Fsp3) is 0.125. The Morgan fingerprint density at radius 3 is 2.41 bits per heavy atom. The Morgan fingerprint density at radius 1 is 1.00 bits per heavy atom. The fourth-order valence-electron chi connectivity index (χ4n) is 3.32. The molecule has 164 valence electrons. The molecule has 4 nitrogen and oxygen atoms in total. The van der Waals surface area contributed by atoms with Gasteiger partial charge in [0.2, 0.25) is 11.2 Å². The van der Waals surface area contributed by atoms with Gasteiger partial charge in [-0.1, -0.05) is 41.9 Å². The van der Waals surface area contributed by atoms with Crippen molar-refractivity contribution in [2.45, 2.75) is 12.8 Å². The molecule has 1 aromatic heterocycles. The molecule has 0 aliphatic carbocycles. The highest BCUT2D eigenvalue weighted by Gasteiger charge is 2.39. The van der Waals surface area contributed by atoms with Crippen molar-refractivity contribution in [3.8, 4) is 22.6 Å². The Hall–Kier alpha value is -3.45. The predicted molar refractivity (Wildman–Crippen MR) is 115 cm³/mol. The second-order valence-electron chi connectivity index (χ2n) is 6.90. The van der Waals surface area contributed by atoms with Crippen LogP contribution >= 0.6 is 11.6 Å². The molecule has 0 spiro atoms. The Balaban J connectivity index is 1.78. The number of alkyl halides is 3. The van der Waals surface area contributed by atoms with Crippen LogP contribution in [0, 0.1) is 0 Å². The van der Waals surface area contributed by atoms with Crippen LogP contribution in [0.15, 0.2) is 75.9 Å². The Bertz CT molecular complexity index is 1330. The van der Waals surface area contributed by atoms with Gasteiger partial charge in [0.1, 0.15) is 23.7 Å². The Morgan fingerprint density at radius 2 is 1.72 bits per heavy atom. The molecule has 0 N–H and O–H groups in total. The largest absolute Gasteiger partial charge is 0.496 e. The van der Waals surface area contributed by atoms with Crippen molar-refractivity contribution in [2.24, 2.45) is 0 Å². The van der Waals surface area contributed by atoms with E-state index in [-0.39, 0.29) is 28.9 Å². The zero-order valence-corrected chi connectivity index (χ0v) is 17.5. The SMILES string of the molecule is COc1ccccc1COc1ccc2c(=O)c(-c3ccc(Cl)cc3)c(C(F)(F)F)oc2c1. The third-order valence-electron chi connectivity index (χ3n) is 4.84. The summed E-state index contributed by atoms with van der Waals surface area (Å²) in [6.45, 7) is 0.120. The summed E-state index contributed by atoms with van der Waals surface area (Å²) >= 11 is 5.83. The summed E-state index contributed by atoms with van der Waals surface area (Å²) in [5.41, 5.74) is -0.765. The van der Waals surface area contributed by atoms with Gasteiger partial charge in [-0.05, 0) is 35.9 Å². The predicted octanol–water partition coefficient (Wildman–Crippen LogP) is 6.72. The lowest BCUT2D eigenvalue weighted by molar-refractivity contribution is -0.152. The van der Waals surface area contributed by atoms with Crippen LogP contribution in [0.1, 0.15) is 11.3 Å². The zero-order chi connectivity index (χ0) is 22.9. The molecule has 4 rings (SSSR count). The molecule has 0 fully saturated rings. The van der Waals surface area contributed by atoms with Gasteiger partial charge in [-0.25, -0.2) is 0 Å². The maximum Gasteiger partial charge on any atom is 0.450 e. The average molecular weight is 461 g/mol. The molecule has 0 bridgehead atoms. The first-order chi connectivity index (χ1) is 15.3. The third kappa shape index (κ3) is 4.29. The van der Waals surface area contributed by atoms with Crippen molar-refractivity contribution < 1.29 is 27.1 Å². The molecule has 4 aromatic rings. The van der Waals surface area contributed by atoms with E-state index in [4.69, 9.17) is 25.5 Å². The minimum absolute atomic E-state index is 0.00703. The van der Waals surface area contributed by atoms with Crippen molar-refractivity contribution in [3.63, 3.8) is 0 Å². The third-order valence-corrected chi connectivity index (χ3v) is 5.09. The van der Waals surface area contributed by atoms with Crippen molar-refractivity contribution in [3.05, 3.63) is 93.3 Å². The zero-order valence-electron chi connectivity index (χ0n) is 16.7. The van der Waals surface area contributed by atoms with E-state index >= 15 is 0 Å². The van der Waals surface area contributed by atoms with Gasteiger partial charge in [0.15, 0.2) is 0 Å². The number of fused-ring (bicyclic) bond motifs is 1. The molecule has 1 heterocycles. The highest BCUT2D eigenvalue weighted by atomic mass is 35.5. The number of para-hydroxylation sites is 1. The molecule has 0 aliphatic heterocycles. The lowest BCUT2D eigenvalue weighted by Crippen LogP contribution is -2.16. The fourth-order valence-corrected chi connectivity index (χ4v) is 3.45. The van der Waals surface area contributed by atoms with Gasteiger partial charge in [-0.2, -0.15) is 13.2 Å². The van der Waals surface area contributed by atoms with Gasteiger partial charge in [0, 0.05) is 16.7 Å². The quantitative estimate of drug-likeness (QED) is 0.332. The summed E-state index contributed by atoms with van der Waals surface area (Å²) in [6.07, 6.45) is -4.88. The molecule has 0 radical (unpaired) electrons. The van der Waals surface area contributed by atoms with E-state index in [9.17, 15) is 18.0 Å². The van der Waals surface area contributed by atoms with Crippen molar-refractivity contribution in [2.75, 3.05) is 7.11 Å². The second kappa shape index (κ2) is 8.59. The van der Waals surface area contributed by atoms with Gasteiger partial charge in [0.05, 0.1) is 18.1 Å². The molecular weight excluding hydrogens is 445 g/mol. The number of benzene rings is 3. The van der Waals surface area contributed by atoms with E-state index in [0.717, 1.165) is 5.56 Å². The minimum Gasteiger partial charge on any atom is -0.496 e. The van der Waals surface area contributed by atoms with Crippen molar-refractivity contribution in [1.82, 2.24) is 0 Å². The van der Waals surface area contributed by atoms with Crippen LogP contribution < -0.4 is 14.9 Å². The van der Waals surface area contributed by atoms with E-state index in [1.165, 1.54) is 49.6 Å². The lowest BCUT2D eigenvalue weighted by atomic mass is 10.0. The highest BCUT2D eigenvalue weighted by molar-refractivity contribution is 6.30. The van der Waals surface area contributed by atoms with Gasteiger partial charge >= 0.3 is 6.18 Å². The number of halogens is 4. The number of rotatable bonds is 5. The maximum absolute atomic E-state index is 13.8. The molecule has 0 saturated heterocycles. The van der Waals surface area contributed by atoms with Gasteiger partial charge in [-0.15, -0.1) is 0 Å². The van der Waals surface area contributed by atoms with Crippen LogP contribution in [0.25, 0.3) is 22.1 Å². The van der Waals surface area contributed by atoms with Crippen LogP contribution in [-0.4, -0.2) is 7.11 Å². The van der Waals surface area contributed by atoms with Crippen LogP contribution in [0.2, 0.25) is 5.02 Å². The first kappa shape index (κ1) is 21.8. The van der Waals surface area contributed by atoms with Gasteiger partial charge in [-0.3, -0.25) is 4.79 Å². The molecule has 0 amide bonds. The molecule has 0 saturated carbocycles. The minimum atomic E-state index is -4.88. The molecule has 0 unspecified atom stereocenters. The van der Waals surface area contributed by atoms with E-state index in [0.29, 0.717) is 10.8 Å². The van der Waals surface area contributed by atoms with Crippen molar-refractivity contribution in [1.29, 1.82) is 0 Å². The number of hydrogen-bond acceptors (Lipinski definition) is 4. The summed E-state index contributed by atoms with van der Waals surface area (Å²) in [7, 11) is 1.53. The molecule has 3 aromatic carbocycles. The maximum atomic E-state index is 13.8. The standard InChI is InChI=1S/C24H16ClF3O4/c1-30-19-5-3-2-4-15(19)13-31-17-10-11-18-20(12-17)32-23(24(26,27)28)21(22(18)29)14-6-8-16(25)9-7-14/h2-12H,13H2,1H3. The Labute approximate surface area is 185 Å². The average Bonchev–Trinajstić information content (AvgIpc) is 2.78. The van der Waals surface area contributed by atoms with Gasteiger partial charge in [0.25, 0.3) is 0 Å². The summed E-state index contributed by atoms with van der Waals surface area (Å²) in [5, 5.41) is 0.344. The van der Waals surface area contributed by atoms with Crippen LogP contribution in [-0.2, 0) is 12.8 Å². The molecule has 0 atom stereocenters. The van der Waals surface area contributed by atoms with Crippen LogP contribution in [0.5, 0.6) is 11.5 Å². The molecule has 8 heteroatoms. The number of methoxy groups -OCH3 is 1. The smallest absolute Gasteiger partial charge is 0.450 e. The van der Waals surface area contributed by atoms with E-state index in [2.05, 4.69) is 0 Å². The summed E-state index contributed by atoms with van der Waals surface area (Å²) < 4.78 is 57.5. The number of hydrogen-bond donors (Lipinski definition) is 0. The number of ether oxygens (including phenoxy) is 2. The first-order valence-electron chi connectivity index (χ1n) is 9.46. The van der Waals surface area contributed by atoms with E-state index in [1.54, 1.807) is 12.1 Å². The summed E-state index contributed by atoms with van der Waals surface area (Å²) in [5.74, 6) is -0.509. The van der Waals surface area contributed by atoms with Crippen LogP contribution in [0.3, 0.4) is 0 Å². The first-order valence-corrected chi connectivity index (χ1v) is 9.84. The Kier molecular flexibility index (Phi) is 5.84. The van der Waals surface area contributed by atoms with E-state index < -0.39 is 22.9 Å². The summed E-state index contributed by atoms with van der Waals surface area (Å²) in [6, 6.07) is 16.9. The monoisotopic (exact) mass is 460 g/mol. The van der Waals surface area contributed by atoms with Crippen LogP contribution in [0.4, 0.5) is 13.2 Å². The highest BCUT2D eigenvalue weighted by Crippen LogP contribution is 2.38. The normalized spacial score (nSPS) is 11.5. The lowest BCUT2D eigenvalue weighted by Gasteiger charge is -2.14. The molecular formula is C24H16ClF3O4. The molecule has 32 heavy (non-hydrogen) atoms. The second-order valence-corrected chi connectivity index (χ2v) is 7.33. The molecule has 0 aliphatic rings. The van der Waals surface area contributed by atoms with Gasteiger partial charge < -0.3 is 13.9 Å². The van der Waals surface area contributed by atoms with Crippen molar-refractivity contribution >= 4 is 22.6 Å². The topological polar surface area (TPSA) is 48.7 Å². The van der Waals surface area contributed by atoms with E-state index in [1.807, 2.05) is 12.1 Å². The summed E-state index contributed by atoms with van der Waals surface area (Å²) in [4.78, 5) is 13.0.